The molecule has 0 unspecified atom stereocenters. The molecule has 5 N–H and O–H groups in total. The summed E-state index contributed by atoms with van der Waals surface area (Å²) < 4.78 is 4.84. The Bertz CT molecular complexity index is 889. The number of aromatic nitrogens is 1. The molecule has 12 heteroatoms. The van der Waals surface area contributed by atoms with Crippen molar-refractivity contribution in [3.63, 3.8) is 0 Å². The number of carboxylic acids is 2. The van der Waals surface area contributed by atoms with Crippen LogP contribution in [-0.2, 0) is 30.5 Å². The molecule has 0 aromatic carbocycles. The number of carbonyl (C=O) groups is 4. The van der Waals surface area contributed by atoms with Gasteiger partial charge in [0, 0.05) is 28.8 Å². The molecule has 0 bridgehead atoms. The number of carboxylic acid groups (broad SMARTS) is 2. The number of aliphatic carboxylic acids is 2. The summed E-state index contributed by atoms with van der Waals surface area (Å²) in [6, 6.07) is 3.88. The van der Waals surface area contributed by atoms with Gasteiger partial charge in [-0.3, -0.25) is 9.59 Å². The minimum Gasteiger partial charge on any atom is -0.478 e. The quantitative estimate of drug-likeness (QED) is 0.327. The van der Waals surface area contributed by atoms with E-state index in [9.17, 15) is 19.2 Å². The summed E-state index contributed by atoms with van der Waals surface area (Å²) in [6.07, 6.45) is 2.16. The molecule has 0 radical (unpaired) electrons. The van der Waals surface area contributed by atoms with Crippen LogP contribution in [0, 0.1) is 0 Å². The van der Waals surface area contributed by atoms with Crippen LogP contribution in [0.3, 0.4) is 0 Å². The number of hydrogen-bond acceptors (Lipinski definition) is 9. The summed E-state index contributed by atoms with van der Waals surface area (Å²) in [7, 11) is 0. The third-order valence-corrected chi connectivity index (χ3v) is 4.86. The average Bonchev–Trinajstić information content (AvgIpc) is 3.32. The maximum atomic E-state index is 11.6. The standard InChI is InChI=1S/C14H17N3O3S2.C4H4O4/c1-2-3-13(19)20-7-12(18)16-6-9-4-5-11(22-9)10-8-21-14(15)17-10;5-3(6)1-2-4(7)8/h4-5,8H,2-3,6-7H2,1H3,(H2,15,17)(H,16,18);1-2H,(H,5,6)(H,7,8)/b;2-1-. The number of ether oxygens (including phenoxy) is 1. The zero-order valence-electron chi connectivity index (χ0n) is 16.0. The number of nitrogen functional groups attached to an aromatic ring is 1. The number of nitrogens with two attached hydrogens (primary N) is 1. The summed E-state index contributed by atoms with van der Waals surface area (Å²) in [5.74, 6) is -3.17. The maximum Gasteiger partial charge on any atom is 0.328 e. The van der Waals surface area contributed by atoms with Crippen LogP contribution in [0.5, 0.6) is 0 Å². The van der Waals surface area contributed by atoms with Gasteiger partial charge >= 0.3 is 17.9 Å². The first kappa shape index (κ1) is 24.8. The Morgan fingerprint density at radius 1 is 1.20 bits per heavy atom. The van der Waals surface area contributed by atoms with Gasteiger partial charge < -0.3 is 26.0 Å². The minimum atomic E-state index is -1.26. The second-order valence-corrected chi connectivity index (χ2v) is 7.59. The number of nitrogens with zero attached hydrogens (tertiary/aromatic N) is 1. The Balaban J connectivity index is 0.000000479. The predicted molar refractivity (Wildman–Crippen MR) is 112 cm³/mol. The summed E-state index contributed by atoms with van der Waals surface area (Å²) in [6.45, 7) is 2.04. The Labute approximate surface area is 180 Å². The van der Waals surface area contributed by atoms with E-state index in [4.69, 9.17) is 20.7 Å². The highest BCUT2D eigenvalue weighted by Crippen LogP contribution is 2.29. The second-order valence-electron chi connectivity index (χ2n) is 5.53. The zero-order valence-corrected chi connectivity index (χ0v) is 17.6. The van der Waals surface area contributed by atoms with Gasteiger partial charge in [0.05, 0.1) is 17.1 Å². The smallest absolute Gasteiger partial charge is 0.328 e. The number of thiazole rings is 1. The number of nitrogens with one attached hydrogen (secondary N) is 1. The highest BCUT2D eigenvalue weighted by atomic mass is 32.1. The summed E-state index contributed by atoms with van der Waals surface area (Å²) >= 11 is 2.94. The topological polar surface area (TPSA) is 169 Å². The van der Waals surface area contributed by atoms with Crippen LogP contribution in [0.2, 0.25) is 0 Å². The van der Waals surface area contributed by atoms with Gasteiger partial charge in [-0.2, -0.15) is 0 Å². The van der Waals surface area contributed by atoms with E-state index in [-0.39, 0.29) is 18.5 Å². The molecule has 10 nitrogen and oxygen atoms in total. The van der Waals surface area contributed by atoms with Gasteiger partial charge in [-0.05, 0) is 18.6 Å². The number of hydrogen-bond donors (Lipinski definition) is 4. The molecule has 0 spiro atoms. The highest BCUT2D eigenvalue weighted by molar-refractivity contribution is 7.16. The van der Waals surface area contributed by atoms with Gasteiger partial charge in [0.25, 0.3) is 5.91 Å². The van der Waals surface area contributed by atoms with Gasteiger partial charge in [0.15, 0.2) is 11.7 Å². The number of amides is 1. The van der Waals surface area contributed by atoms with Gasteiger partial charge in [0.1, 0.15) is 0 Å². The molecule has 2 aromatic rings. The molecule has 0 fully saturated rings. The molecule has 2 heterocycles. The first-order chi connectivity index (χ1) is 14.2. The van der Waals surface area contributed by atoms with Gasteiger partial charge in [-0.15, -0.1) is 22.7 Å². The lowest BCUT2D eigenvalue weighted by molar-refractivity contribution is -0.148. The molecule has 0 saturated heterocycles. The van der Waals surface area contributed by atoms with Crippen LogP contribution in [0.25, 0.3) is 10.6 Å². The van der Waals surface area contributed by atoms with Crippen molar-refractivity contribution in [1.82, 2.24) is 10.3 Å². The molecule has 0 aliphatic rings. The Morgan fingerprint density at radius 2 is 1.87 bits per heavy atom. The number of carbonyl (C=O) groups excluding carboxylic acids is 2. The van der Waals surface area contributed by atoms with E-state index in [1.54, 1.807) is 0 Å². The van der Waals surface area contributed by atoms with Crippen LogP contribution in [-0.4, -0.2) is 45.6 Å². The Morgan fingerprint density at radius 3 is 2.40 bits per heavy atom. The van der Waals surface area contributed by atoms with Crippen molar-refractivity contribution in [2.75, 3.05) is 12.3 Å². The molecular weight excluding hydrogens is 434 g/mol. The van der Waals surface area contributed by atoms with Gasteiger partial charge in [-0.25, -0.2) is 14.6 Å². The predicted octanol–water partition coefficient (Wildman–Crippen LogP) is 2.13. The van der Waals surface area contributed by atoms with Crippen molar-refractivity contribution in [2.24, 2.45) is 0 Å². The number of anilines is 1. The SMILES string of the molecule is CCCC(=O)OCC(=O)NCc1ccc(-c2csc(N)n2)s1.O=C(O)/C=C\C(=O)O. The van der Waals surface area contributed by atoms with Crippen LogP contribution < -0.4 is 11.1 Å². The molecular formula is C18H21N3O7S2. The molecule has 0 aliphatic heterocycles. The van der Waals surface area contributed by atoms with Crippen molar-refractivity contribution < 1.29 is 34.1 Å². The van der Waals surface area contributed by atoms with Crippen LogP contribution >= 0.6 is 22.7 Å². The van der Waals surface area contributed by atoms with E-state index in [0.717, 1.165) is 15.4 Å². The average molecular weight is 456 g/mol. The Hall–Kier alpha value is -3.25. The van der Waals surface area contributed by atoms with Crippen LogP contribution in [0.4, 0.5) is 5.13 Å². The molecule has 2 aromatic heterocycles. The lowest BCUT2D eigenvalue weighted by Gasteiger charge is -2.04. The first-order valence-electron chi connectivity index (χ1n) is 8.57. The first-order valence-corrected chi connectivity index (χ1v) is 10.3. The normalized spacial score (nSPS) is 10.2. The van der Waals surface area contributed by atoms with Gasteiger partial charge in [-0.1, -0.05) is 6.92 Å². The lowest BCUT2D eigenvalue weighted by atomic mass is 10.3. The fraction of sp³-hybridized carbons (Fsp3) is 0.278. The van der Waals surface area contributed by atoms with E-state index in [0.29, 0.717) is 36.7 Å². The molecule has 1 amide bonds. The highest BCUT2D eigenvalue weighted by Gasteiger charge is 2.09. The monoisotopic (exact) mass is 455 g/mol. The van der Waals surface area contributed by atoms with Crippen molar-refractivity contribution >= 4 is 51.6 Å². The summed E-state index contributed by atoms with van der Waals surface area (Å²) in [4.78, 5) is 48.1. The van der Waals surface area contributed by atoms with Crippen LogP contribution in [0.1, 0.15) is 24.6 Å². The number of thiophene rings is 1. The molecule has 30 heavy (non-hydrogen) atoms. The van der Waals surface area contributed by atoms with E-state index >= 15 is 0 Å². The second kappa shape index (κ2) is 13.1. The minimum absolute atomic E-state index is 0.236. The largest absolute Gasteiger partial charge is 0.478 e. The number of esters is 1. The van der Waals surface area contributed by atoms with Crippen LogP contribution in [0.15, 0.2) is 29.7 Å². The summed E-state index contributed by atoms with van der Waals surface area (Å²) in [5.41, 5.74) is 6.46. The van der Waals surface area contributed by atoms with Crippen molar-refractivity contribution in [3.05, 3.63) is 34.5 Å². The third kappa shape index (κ3) is 10.3. The fourth-order valence-corrected chi connectivity index (χ4v) is 3.36. The van der Waals surface area contributed by atoms with Gasteiger partial charge in [0.2, 0.25) is 0 Å². The summed E-state index contributed by atoms with van der Waals surface area (Å²) in [5, 5.41) is 20.8. The zero-order chi connectivity index (χ0) is 22.5. The van der Waals surface area contributed by atoms with E-state index in [1.807, 2.05) is 24.4 Å². The van der Waals surface area contributed by atoms with Crippen molar-refractivity contribution in [3.8, 4) is 10.6 Å². The lowest BCUT2D eigenvalue weighted by Crippen LogP contribution is -2.28. The molecule has 0 atom stereocenters. The van der Waals surface area contributed by atoms with E-state index in [2.05, 4.69) is 10.3 Å². The maximum absolute atomic E-state index is 11.6. The van der Waals surface area contributed by atoms with Crippen molar-refractivity contribution in [2.45, 2.75) is 26.3 Å². The molecule has 162 valence electrons. The molecule has 2 rings (SSSR count). The van der Waals surface area contributed by atoms with E-state index < -0.39 is 11.9 Å². The third-order valence-electron chi connectivity index (χ3n) is 3.08. The fourth-order valence-electron chi connectivity index (χ4n) is 1.81. The molecule has 0 saturated carbocycles. The Kier molecular flexibility index (Phi) is 10.8. The molecule has 0 aliphatic carbocycles. The van der Waals surface area contributed by atoms with Crippen molar-refractivity contribution in [1.29, 1.82) is 0 Å². The number of rotatable bonds is 9. The van der Waals surface area contributed by atoms with E-state index in [1.165, 1.54) is 22.7 Å².